The average Bonchev–Trinajstić information content (AvgIpc) is 2.85. The number of benzene rings is 3. The minimum Gasteiger partial charge on any atom is -0.494 e. The molecule has 3 aromatic rings. The Morgan fingerprint density at radius 2 is 1.56 bits per heavy atom. The first-order chi connectivity index (χ1) is 16.5. The van der Waals surface area contributed by atoms with Gasteiger partial charge >= 0.3 is 0 Å². The van der Waals surface area contributed by atoms with Crippen molar-refractivity contribution in [1.29, 1.82) is 0 Å². The molecule has 2 N–H and O–H groups in total. The van der Waals surface area contributed by atoms with Crippen LogP contribution in [0.2, 0.25) is 0 Å². The van der Waals surface area contributed by atoms with Crippen molar-refractivity contribution in [3.63, 3.8) is 0 Å². The number of anilines is 2. The van der Waals surface area contributed by atoms with Crippen LogP contribution in [-0.4, -0.2) is 44.0 Å². The summed E-state index contributed by atoms with van der Waals surface area (Å²) in [6.07, 6.45) is 2.99. The molecule has 0 unspecified atom stereocenters. The van der Waals surface area contributed by atoms with Crippen molar-refractivity contribution in [3.8, 4) is 5.75 Å². The molecule has 34 heavy (non-hydrogen) atoms. The Bertz CT molecular complexity index is 1070. The van der Waals surface area contributed by atoms with Gasteiger partial charge in [-0.15, -0.1) is 0 Å². The molecule has 0 aliphatic heterocycles. The number of nitrogens with zero attached hydrogens (tertiary/aromatic N) is 1. The fourth-order valence-corrected chi connectivity index (χ4v) is 3.47. The highest BCUT2D eigenvalue weighted by Crippen LogP contribution is 2.18. The lowest BCUT2D eigenvalue weighted by molar-refractivity contribution is -0.128. The number of nitrogens with one attached hydrogen (secondary N) is 2. The van der Waals surface area contributed by atoms with E-state index in [1.54, 1.807) is 19.0 Å². The summed E-state index contributed by atoms with van der Waals surface area (Å²) in [5, 5.41) is 6.05. The molecular formula is C28H33N3O3. The summed E-state index contributed by atoms with van der Waals surface area (Å²) in [4.78, 5) is 25.8. The van der Waals surface area contributed by atoms with E-state index < -0.39 is 0 Å². The molecule has 0 radical (unpaired) electrons. The van der Waals surface area contributed by atoms with Gasteiger partial charge in [0.15, 0.2) is 0 Å². The van der Waals surface area contributed by atoms with Crippen molar-refractivity contribution in [1.82, 2.24) is 4.90 Å². The molecule has 0 heterocycles. The fraction of sp³-hybridized carbons (Fsp3) is 0.286. The smallest absolute Gasteiger partial charge is 0.243 e. The lowest BCUT2D eigenvalue weighted by atomic mass is 10.1. The molecule has 6 nitrogen and oxygen atoms in total. The number of rotatable bonds is 12. The van der Waals surface area contributed by atoms with E-state index in [0.29, 0.717) is 19.4 Å². The van der Waals surface area contributed by atoms with Gasteiger partial charge in [-0.1, -0.05) is 48.5 Å². The first kappa shape index (κ1) is 24.8. The topological polar surface area (TPSA) is 70.7 Å². The lowest BCUT2D eigenvalue weighted by Gasteiger charge is -2.12. The number of hydrogen-bond acceptors (Lipinski definition) is 4. The highest BCUT2D eigenvalue weighted by atomic mass is 16.5. The predicted molar refractivity (Wildman–Crippen MR) is 137 cm³/mol. The Morgan fingerprint density at radius 3 is 2.35 bits per heavy atom. The Kier molecular flexibility index (Phi) is 9.52. The maximum Gasteiger partial charge on any atom is 0.243 e. The number of hydrogen-bond donors (Lipinski definition) is 2. The van der Waals surface area contributed by atoms with Crippen LogP contribution in [0.25, 0.3) is 0 Å². The van der Waals surface area contributed by atoms with E-state index in [4.69, 9.17) is 4.74 Å². The zero-order valence-corrected chi connectivity index (χ0v) is 19.9. The number of aryl methyl sites for hydroxylation is 2. The second-order valence-electron chi connectivity index (χ2n) is 8.36. The molecule has 0 saturated carbocycles. The van der Waals surface area contributed by atoms with Gasteiger partial charge in [0, 0.05) is 38.0 Å². The zero-order chi connectivity index (χ0) is 24.2. The minimum atomic E-state index is -0.143. The van der Waals surface area contributed by atoms with E-state index in [2.05, 4.69) is 22.8 Å². The summed E-state index contributed by atoms with van der Waals surface area (Å²) in [5.41, 5.74) is 3.86. The quantitative estimate of drug-likeness (QED) is 0.383. The van der Waals surface area contributed by atoms with E-state index >= 15 is 0 Å². The van der Waals surface area contributed by atoms with Crippen LogP contribution in [0.3, 0.4) is 0 Å². The number of ether oxygens (including phenoxy) is 1. The summed E-state index contributed by atoms with van der Waals surface area (Å²) >= 11 is 0. The van der Waals surface area contributed by atoms with E-state index in [1.807, 2.05) is 66.7 Å². The summed E-state index contributed by atoms with van der Waals surface area (Å²) in [6, 6.07) is 25.6. The summed E-state index contributed by atoms with van der Waals surface area (Å²) in [6.45, 7) is 0.774. The summed E-state index contributed by atoms with van der Waals surface area (Å²) < 4.78 is 5.87. The molecule has 0 aromatic heterocycles. The summed E-state index contributed by atoms with van der Waals surface area (Å²) in [5.74, 6) is 0.718. The normalized spacial score (nSPS) is 10.4. The van der Waals surface area contributed by atoms with Crippen LogP contribution in [0.1, 0.15) is 24.0 Å². The van der Waals surface area contributed by atoms with Gasteiger partial charge in [-0.05, 0) is 54.7 Å². The van der Waals surface area contributed by atoms with Crippen molar-refractivity contribution in [2.45, 2.75) is 25.7 Å². The van der Waals surface area contributed by atoms with E-state index in [9.17, 15) is 9.59 Å². The van der Waals surface area contributed by atoms with Gasteiger partial charge in [-0.25, -0.2) is 0 Å². The largest absolute Gasteiger partial charge is 0.494 e. The van der Waals surface area contributed by atoms with Gasteiger partial charge in [-0.3, -0.25) is 9.59 Å². The maximum atomic E-state index is 12.4. The van der Waals surface area contributed by atoms with Crippen LogP contribution in [-0.2, 0) is 22.4 Å². The second kappa shape index (κ2) is 13.0. The first-order valence-electron chi connectivity index (χ1n) is 11.6. The monoisotopic (exact) mass is 459 g/mol. The molecule has 6 heteroatoms. The Hall–Kier alpha value is -3.80. The number of carbonyl (C=O) groups is 2. The molecule has 3 rings (SSSR count). The molecule has 0 atom stereocenters. The molecule has 3 aromatic carbocycles. The van der Waals surface area contributed by atoms with Crippen LogP contribution in [0.15, 0.2) is 78.9 Å². The van der Waals surface area contributed by atoms with Gasteiger partial charge in [0.2, 0.25) is 11.8 Å². The van der Waals surface area contributed by atoms with Crippen LogP contribution >= 0.6 is 0 Å². The molecule has 2 amide bonds. The SMILES string of the molecule is CN(C)C(=O)CCc1cccc(NC(=O)CNc2cccc(OCCCc3ccccc3)c2)c1. The number of amides is 2. The van der Waals surface area contributed by atoms with Gasteiger partial charge in [0.1, 0.15) is 5.75 Å². The van der Waals surface area contributed by atoms with Crippen LogP contribution in [0.4, 0.5) is 11.4 Å². The molecule has 0 spiro atoms. The number of carbonyl (C=O) groups excluding carboxylic acids is 2. The van der Waals surface area contributed by atoms with Crippen LogP contribution in [0.5, 0.6) is 5.75 Å². The molecule has 178 valence electrons. The molecule has 0 bridgehead atoms. The third-order valence-corrected chi connectivity index (χ3v) is 5.35. The van der Waals surface area contributed by atoms with Crippen molar-refractivity contribution in [2.75, 3.05) is 37.9 Å². The van der Waals surface area contributed by atoms with Gasteiger partial charge in [0.25, 0.3) is 0 Å². The third kappa shape index (κ3) is 8.62. The lowest BCUT2D eigenvalue weighted by Crippen LogP contribution is -2.22. The van der Waals surface area contributed by atoms with Gasteiger partial charge in [-0.2, -0.15) is 0 Å². The van der Waals surface area contributed by atoms with E-state index in [-0.39, 0.29) is 18.4 Å². The first-order valence-corrected chi connectivity index (χ1v) is 11.6. The van der Waals surface area contributed by atoms with Crippen molar-refractivity contribution >= 4 is 23.2 Å². The van der Waals surface area contributed by atoms with Gasteiger partial charge in [0.05, 0.1) is 13.2 Å². The zero-order valence-electron chi connectivity index (χ0n) is 19.9. The van der Waals surface area contributed by atoms with Crippen LogP contribution in [0, 0.1) is 0 Å². The van der Waals surface area contributed by atoms with Crippen molar-refractivity contribution in [2.24, 2.45) is 0 Å². The predicted octanol–water partition coefficient (Wildman–Crippen LogP) is 4.77. The molecule has 0 saturated heterocycles. The molecule has 0 aliphatic rings. The molecule has 0 aliphatic carbocycles. The Balaban J connectivity index is 1.41. The van der Waals surface area contributed by atoms with Crippen LogP contribution < -0.4 is 15.4 Å². The highest BCUT2D eigenvalue weighted by Gasteiger charge is 2.07. The second-order valence-corrected chi connectivity index (χ2v) is 8.36. The Labute approximate surface area is 201 Å². The minimum absolute atomic E-state index is 0.0843. The maximum absolute atomic E-state index is 12.4. The molecular weight excluding hydrogens is 426 g/mol. The van der Waals surface area contributed by atoms with E-state index in [1.165, 1.54) is 5.56 Å². The van der Waals surface area contributed by atoms with Crippen molar-refractivity contribution < 1.29 is 14.3 Å². The highest BCUT2D eigenvalue weighted by molar-refractivity contribution is 5.93. The standard InChI is InChI=1S/C28H33N3O3/c1-31(2)28(33)17-16-23-11-6-14-25(19-23)30-27(32)21-29-24-13-7-15-26(20-24)34-18-8-12-22-9-4-3-5-10-22/h3-7,9-11,13-15,19-20,29H,8,12,16-18,21H2,1-2H3,(H,30,32). The van der Waals surface area contributed by atoms with Gasteiger partial charge < -0.3 is 20.3 Å². The van der Waals surface area contributed by atoms with E-state index in [0.717, 1.165) is 35.5 Å². The average molecular weight is 460 g/mol. The fourth-order valence-electron chi connectivity index (χ4n) is 3.47. The molecule has 0 fully saturated rings. The summed E-state index contributed by atoms with van der Waals surface area (Å²) in [7, 11) is 3.50. The Morgan fingerprint density at radius 1 is 0.824 bits per heavy atom. The third-order valence-electron chi connectivity index (χ3n) is 5.35. The van der Waals surface area contributed by atoms with Crippen molar-refractivity contribution in [3.05, 3.63) is 90.0 Å².